The number of benzene rings is 2. The smallest absolute Gasteiger partial charge is 0.416 e. The average molecular weight is 294 g/mol. The molecule has 0 amide bonds. The zero-order valence-electron chi connectivity index (χ0n) is 11.2. The highest BCUT2D eigenvalue weighted by Crippen LogP contribution is 2.44. The van der Waals surface area contributed by atoms with Crippen LogP contribution in [0, 0.1) is 6.92 Å². The molecular formula is C15H13F3N2O. The third-order valence-electron chi connectivity index (χ3n) is 3.44. The minimum atomic E-state index is -4.34. The molecular weight excluding hydrogens is 281 g/mol. The van der Waals surface area contributed by atoms with Gasteiger partial charge < -0.3 is 15.8 Å². The number of ether oxygens (including phenoxy) is 1. The molecule has 1 atom stereocenters. The predicted octanol–water partition coefficient (Wildman–Crippen LogP) is 4.10. The van der Waals surface area contributed by atoms with Gasteiger partial charge in [-0.15, -0.1) is 0 Å². The molecule has 0 spiro atoms. The van der Waals surface area contributed by atoms with E-state index in [9.17, 15) is 13.2 Å². The molecule has 0 radical (unpaired) electrons. The highest BCUT2D eigenvalue weighted by molar-refractivity contribution is 5.77. The first kappa shape index (κ1) is 13.6. The molecule has 6 heteroatoms. The number of anilines is 2. The van der Waals surface area contributed by atoms with Gasteiger partial charge in [0.25, 0.3) is 0 Å². The molecule has 0 saturated heterocycles. The minimum absolute atomic E-state index is 0.536. The first-order chi connectivity index (χ1) is 9.86. The lowest BCUT2D eigenvalue weighted by Crippen LogP contribution is -2.11. The molecule has 1 heterocycles. The molecule has 0 bridgehead atoms. The fraction of sp³-hybridized carbons (Fsp3) is 0.200. The number of halogens is 3. The van der Waals surface area contributed by atoms with Crippen LogP contribution in [0.5, 0.6) is 5.75 Å². The van der Waals surface area contributed by atoms with Crippen molar-refractivity contribution in [1.82, 2.24) is 0 Å². The monoisotopic (exact) mass is 294 g/mol. The Morgan fingerprint density at radius 1 is 1.10 bits per heavy atom. The lowest BCUT2D eigenvalue weighted by molar-refractivity contribution is -0.137. The Morgan fingerprint density at radius 3 is 2.33 bits per heavy atom. The van der Waals surface area contributed by atoms with Gasteiger partial charge in [0.2, 0.25) is 0 Å². The maximum atomic E-state index is 12.6. The lowest BCUT2D eigenvalue weighted by Gasteiger charge is -2.13. The van der Waals surface area contributed by atoms with Gasteiger partial charge in [-0.25, -0.2) is 0 Å². The van der Waals surface area contributed by atoms with Crippen LogP contribution in [0.15, 0.2) is 36.4 Å². The first-order valence-electron chi connectivity index (χ1n) is 6.35. The van der Waals surface area contributed by atoms with Crippen LogP contribution in [0.4, 0.5) is 24.5 Å². The quantitative estimate of drug-likeness (QED) is 0.778. The molecule has 0 saturated carbocycles. The zero-order valence-corrected chi connectivity index (χ0v) is 11.2. The highest BCUT2D eigenvalue weighted by Gasteiger charge is 2.31. The van der Waals surface area contributed by atoms with Crippen molar-refractivity contribution in [1.29, 1.82) is 0 Å². The van der Waals surface area contributed by atoms with Crippen molar-refractivity contribution in [3.8, 4) is 5.75 Å². The van der Waals surface area contributed by atoms with Gasteiger partial charge in [-0.1, -0.05) is 18.2 Å². The molecule has 0 fully saturated rings. The summed E-state index contributed by atoms with van der Waals surface area (Å²) in [7, 11) is 0. The summed E-state index contributed by atoms with van der Waals surface area (Å²) in [5.74, 6) is 0.639. The average Bonchev–Trinajstić information content (AvgIpc) is 2.89. The number of nitrogens with one attached hydrogen (secondary N) is 1. The Bertz CT molecular complexity index is 650. The number of nitrogens with two attached hydrogens (primary N) is 1. The zero-order chi connectivity index (χ0) is 15.2. The Hall–Kier alpha value is -2.37. The van der Waals surface area contributed by atoms with Crippen molar-refractivity contribution in [2.45, 2.75) is 19.3 Å². The molecule has 110 valence electrons. The molecule has 0 aliphatic carbocycles. The summed E-state index contributed by atoms with van der Waals surface area (Å²) in [4.78, 5) is 0. The van der Waals surface area contributed by atoms with E-state index in [1.807, 2.05) is 13.0 Å². The molecule has 2 aromatic carbocycles. The minimum Gasteiger partial charge on any atom is -0.464 e. The second kappa shape index (κ2) is 4.58. The Labute approximate surface area is 119 Å². The van der Waals surface area contributed by atoms with Crippen LogP contribution in [0.3, 0.4) is 0 Å². The fourth-order valence-electron chi connectivity index (χ4n) is 2.28. The topological polar surface area (TPSA) is 47.3 Å². The molecule has 3 nitrogen and oxygen atoms in total. The van der Waals surface area contributed by atoms with Crippen molar-refractivity contribution in [3.63, 3.8) is 0 Å². The molecule has 1 unspecified atom stereocenters. The summed E-state index contributed by atoms with van der Waals surface area (Å²) in [5.41, 5.74) is 7.94. The van der Waals surface area contributed by atoms with Gasteiger partial charge in [0, 0.05) is 5.56 Å². The number of fused-ring (bicyclic) bond motifs is 1. The van der Waals surface area contributed by atoms with Gasteiger partial charge in [-0.3, -0.25) is 0 Å². The van der Waals surface area contributed by atoms with Crippen LogP contribution in [0.1, 0.15) is 22.9 Å². The van der Waals surface area contributed by atoms with E-state index in [1.54, 1.807) is 6.07 Å². The number of rotatable bonds is 1. The van der Waals surface area contributed by atoms with Crippen LogP contribution < -0.4 is 15.8 Å². The van der Waals surface area contributed by atoms with E-state index in [0.29, 0.717) is 22.7 Å². The van der Waals surface area contributed by atoms with Gasteiger partial charge >= 0.3 is 6.18 Å². The van der Waals surface area contributed by atoms with E-state index in [4.69, 9.17) is 10.5 Å². The number of hydrogen-bond donors (Lipinski definition) is 2. The van der Waals surface area contributed by atoms with E-state index in [-0.39, 0.29) is 0 Å². The summed E-state index contributed by atoms with van der Waals surface area (Å²) in [6, 6.07) is 8.49. The Kier molecular flexibility index (Phi) is 2.97. The van der Waals surface area contributed by atoms with Gasteiger partial charge in [0.15, 0.2) is 12.0 Å². The second-order valence-corrected chi connectivity index (χ2v) is 4.94. The summed E-state index contributed by atoms with van der Waals surface area (Å²) in [5, 5.41) is 3.09. The van der Waals surface area contributed by atoms with Crippen LogP contribution in [-0.2, 0) is 6.18 Å². The van der Waals surface area contributed by atoms with Crippen molar-refractivity contribution < 1.29 is 17.9 Å². The number of alkyl halides is 3. The summed E-state index contributed by atoms with van der Waals surface area (Å²) in [6.45, 7) is 1.88. The number of nitrogen functional groups attached to an aromatic ring is 1. The highest BCUT2D eigenvalue weighted by atomic mass is 19.4. The van der Waals surface area contributed by atoms with Crippen LogP contribution >= 0.6 is 0 Å². The van der Waals surface area contributed by atoms with Gasteiger partial charge in [-0.05, 0) is 30.7 Å². The van der Waals surface area contributed by atoms with Crippen molar-refractivity contribution >= 4 is 11.4 Å². The largest absolute Gasteiger partial charge is 0.464 e. The van der Waals surface area contributed by atoms with E-state index in [0.717, 1.165) is 17.7 Å². The standard InChI is InChI=1S/C15H13F3N2O/c1-8-2-7-11(19)12-13(8)21-14(20-12)9-3-5-10(6-4-9)15(16,17)18/h2-7,14,20H,19H2,1H3. The van der Waals surface area contributed by atoms with Gasteiger partial charge in [-0.2, -0.15) is 13.2 Å². The van der Waals surface area contributed by atoms with Crippen molar-refractivity contribution in [2.24, 2.45) is 0 Å². The third-order valence-corrected chi connectivity index (χ3v) is 3.44. The van der Waals surface area contributed by atoms with E-state index >= 15 is 0 Å². The summed E-state index contributed by atoms with van der Waals surface area (Å²) in [6.07, 6.45) is -4.88. The third kappa shape index (κ3) is 2.37. The van der Waals surface area contributed by atoms with E-state index in [1.165, 1.54) is 12.1 Å². The molecule has 0 aromatic heterocycles. The number of aryl methyl sites for hydroxylation is 1. The van der Waals surface area contributed by atoms with Crippen molar-refractivity contribution in [2.75, 3.05) is 11.1 Å². The second-order valence-electron chi connectivity index (χ2n) is 4.94. The van der Waals surface area contributed by atoms with Crippen molar-refractivity contribution in [3.05, 3.63) is 53.1 Å². The molecule has 21 heavy (non-hydrogen) atoms. The first-order valence-corrected chi connectivity index (χ1v) is 6.35. The molecule has 1 aliphatic rings. The van der Waals surface area contributed by atoms with Crippen LogP contribution in [-0.4, -0.2) is 0 Å². The number of hydrogen-bond acceptors (Lipinski definition) is 3. The Balaban J connectivity index is 1.88. The summed E-state index contributed by atoms with van der Waals surface area (Å²) >= 11 is 0. The maximum absolute atomic E-state index is 12.6. The SMILES string of the molecule is Cc1ccc(N)c2c1OC(c1ccc(C(F)(F)F)cc1)N2. The molecule has 2 aromatic rings. The van der Waals surface area contributed by atoms with Crippen LogP contribution in [0.25, 0.3) is 0 Å². The Morgan fingerprint density at radius 2 is 1.76 bits per heavy atom. The molecule has 1 aliphatic heterocycles. The molecule has 3 N–H and O–H groups in total. The summed E-state index contributed by atoms with van der Waals surface area (Å²) < 4.78 is 43.4. The lowest BCUT2D eigenvalue weighted by atomic mass is 10.1. The predicted molar refractivity (Wildman–Crippen MR) is 74.0 cm³/mol. The van der Waals surface area contributed by atoms with E-state index in [2.05, 4.69) is 5.32 Å². The van der Waals surface area contributed by atoms with Crippen LogP contribution in [0.2, 0.25) is 0 Å². The van der Waals surface area contributed by atoms with Gasteiger partial charge in [0.05, 0.1) is 11.3 Å². The van der Waals surface area contributed by atoms with E-state index < -0.39 is 18.0 Å². The molecule has 3 rings (SSSR count). The normalized spacial score (nSPS) is 17.0. The van der Waals surface area contributed by atoms with Gasteiger partial charge in [0.1, 0.15) is 5.69 Å². The fourth-order valence-corrected chi connectivity index (χ4v) is 2.28. The maximum Gasteiger partial charge on any atom is 0.416 e.